The van der Waals surface area contributed by atoms with Crippen LogP contribution in [0.15, 0.2) is 12.7 Å². The Morgan fingerprint density at radius 3 is 3.07 bits per heavy atom. The largest absolute Gasteiger partial charge is 0.378 e. The van der Waals surface area contributed by atoms with Crippen LogP contribution in [0.4, 0.5) is 0 Å². The maximum absolute atomic E-state index is 11.6. The maximum Gasteiger partial charge on any atom is 0.136 e. The molecule has 0 N–H and O–H groups in total. The lowest BCUT2D eigenvalue weighted by atomic mass is 9.91. The lowest BCUT2D eigenvalue weighted by Gasteiger charge is -2.19. The van der Waals surface area contributed by atoms with Gasteiger partial charge in [0.05, 0.1) is 6.10 Å². The Bertz CT molecular complexity index is 247. The normalized spacial score (nSPS) is 41.4. The van der Waals surface area contributed by atoms with Crippen molar-refractivity contribution in [1.29, 1.82) is 0 Å². The van der Waals surface area contributed by atoms with Crippen LogP contribution in [0, 0.1) is 17.8 Å². The Hall–Kier alpha value is -0.630. The van der Waals surface area contributed by atoms with Gasteiger partial charge in [0.15, 0.2) is 0 Å². The minimum absolute atomic E-state index is 0.247. The smallest absolute Gasteiger partial charge is 0.136 e. The Morgan fingerprint density at radius 2 is 2.43 bits per heavy atom. The molecule has 78 valence electrons. The minimum atomic E-state index is 0.247. The first-order chi connectivity index (χ1) is 6.77. The second-order valence-corrected chi connectivity index (χ2v) is 4.32. The SMILES string of the molecule is C=CC1C(OCC)C[C@@H]2C(=O)CC[C@H]12. The molecule has 14 heavy (non-hydrogen) atoms. The van der Waals surface area contributed by atoms with E-state index in [1.807, 2.05) is 13.0 Å². The van der Waals surface area contributed by atoms with Gasteiger partial charge in [-0.3, -0.25) is 4.79 Å². The van der Waals surface area contributed by atoms with E-state index in [1.165, 1.54) is 0 Å². The molecular weight excluding hydrogens is 176 g/mol. The number of hydrogen-bond donors (Lipinski definition) is 0. The van der Waals surface area contributed by atoms with Crippen molar-refractivity contribution < 1.29 is 9.53 Å². The Labute approximate surface area is 85.3 Å². The molecule has 0 bridgehead atoms. The topological polar surface area (TPSA) is 26.3 Å². The number of hydrogen-bond acceptors (Lipinski definition) is 2. The van der Waals surface area contributed by atoms with E-state index in [0.29, 0.717) is 17.6 Å². The van der Waals surface area contributed by atoms with E-state index in [4.69, 9.17) is 4.74 Å². The summed E-state index contributed by atoms with van der Waals surface area (Å²) in [6.07, 6.45) is 4.98. The third kappa shape index (κ3) is 1.42. The van der Waals surface area contributed by atoms with Gasteiger partial charge in [0, 0.05) is 24.9 Å². The number of Topliss-reactive ketones (excluding diaryl/α,β-unsaturated/α-hetero) is 1. The van der Waals surface area contributed by atoms with Crippen LogP contribution in [0.3, 0.4) is 0 Å². The molecule has 0 aromatic carbocycles. The van der Waals surface area contributed by atoms with Crippen LogP contribution in [0.5, 0.6) is 0 Å². The molecule has 2 heteroatoms. The second-order valence-electron chi connectivity index (χ2n) is 4.32. The third-order valence-corrected chi connectivity index (χ3v) is 3.72. The molecule has 2 rings (SSSR count). The third-order valence-electron chi connectivity index (χ3n) is 3.72. The van der Waals surface area contributed by atoms with Gasteiger partial charge in [-0.05, 0) is 25.7 Å². The van der Waals surface area contributed by atoms with E-state index in [9.17, 15) is 4.79 Å². The number of ether oxygens (including phenoxy) is 1. The predicted octanol–water partition coefficient (Wildman–Crippen LogP) is 2.19. The van der Waals surface area contributed by atoms with Gasteiger partial charge in [0.2, 0.25) is 0 Å². The lowest BCUT2D eigenvalue weighted by molar-refractivity contribution is -0.121. The van der Waals surface area contributed by atoms with Crippen LogP contribution < -0.4 is 0 Å². The molecule has 0 heterocycles. The highest BCUT2D eigenvalue weighted by Crippen LogP contribution is 2.47. The Balaban J connectivity index is 2.11. The van der Waals surface area contributed by atoms with Crippen LogP contribution >= 0.6 is 0 Å². The van der Waals surface area contributed by atoms with E-state index in [-0.39, 0.29) is 12.0 Å². The van der Waals surface area contributed by atoms with E-state index in [0.717, 1.165) is 25.9 Å². The van der Waals surface area contributed by atoms with Crippen LogP contribution in [0.2, 0.25) is 0 Å². The summed E-state index contributed by atoms with van der Waals surface area (Å²) in [4.78, 5) is 11.6. The molecule has 2 saturated carbocycles. The van der Waals surface area contributed by atoms with Crippen LogP contribution in [-0.4, -0.2) is 18.5 Å². The molecule has 4 atom stereocenters. The van der Waals surface area contributed by atoms with Crippen molar-refractivity contribution >= 4 is 5.78 Å². The molecule has 0 aliphatic heterocycles. The highest BCUT2D eigenvalue weighted by atomic mass is 16.5. The molecule has 0 radical (unpaired) electrons. The molecule has 2 nitrogen and oxygen atoms in total. The predicted molar refractivity (Wildman–Crippen MR) is 54.9 cm³/mol. The molecule has 0 amide bonds. The lowest BCUT2D eigenvalue weighted by Crippen LogP contribution is -2.20. The van der Waals surface area contributed by atoms with E-state index in [1.54, 1.807) is 0 Å². The van der Waals surface area contributed by atoms with E-state index in [2.05, 4.69) is 6.58 Å². The minimum Gasteiger partial charge on any atom is -0.378 e. The van der Waals surface area contributed by atoms with Gasteiger partial charge in [-0.2, -0.15) is 0 Å². The summed E-state index contributed by atoms with van der Waals surface area (Å²) in [5.74, 6) is 1.65. The van der Waals surface area contributed by atoms with Crippen molar-refractivity contribution in [3.63, 3.8) is 0 Å². The molecule has 2 unspecified atom stereocenters. The molecule has 0 saturated heterocycles. The molecule has 2 aliphatic carbocycles. The van der Waals surface area contributed by atoms with Crippen LogP contribution in [0.1, 0.15) is 26.2 Å². The van der Waals surface area contributed by atoms with Crippen molar-refractivity contribution in [1.82, 2.24) is 0 Å². The number of rotatable bonds is 3. The fourth-order valence-corrected chi connectivity index (χ4v) is 3.10. The molecule has 2 aliphatic rings. The van der Waals surface area contributed by atoms with Crippen molar-refractivity contribution in [3.05, 3.63) is 12.7 Å². The summed E-state index contributed by atoms with van der Waals surface area (Å²) < 4.78 is 5.67. The molecular formula is C12H18O2. The first-order valence-electron chi connectivity index (χ1n) is 5.54. The fourth-order valence-electron chi connectivity index (χ4n) is 3.10. The summed E-state index contributed by atoms with van der Waals surface area (Å²) in [5.41, 5.74) is 0. The summed E-state index contributed by atoms with van der Waals surface area (Å²) in [5, 5.41) is 0. The van der Waals surface area contributed by atoms with Gasteiger partial charge in [-0.25, -0.2) is 0 Å². The second kappa shape index (κ2) is 3.85. The van der Waals surface area contributed by atoms with E-state index < -0.39 is 0 Å². The molecule has 0 aromatic rings. The zero-order valence-electron chi connectivity index (χ0n) is 8.74. The zero-order valence-corrected chi connectivity index (χ0v) is 8.74. The van der Waals surface area contributed by atoms with Gasteiger partial charge in [0.25, 0.3) is 0 Å². The molecule has 0 spiro atoms. The molecule has 2 fully saturated rings. The quantitative estimate of drug-likeness (QED) is 0.644. The van der Waals surface area contributed by atoms with Crippen LogP contribution in [-0.2, 0) is 9.53 Å². The average molecular weight is 194 g/mol. The number of carbonyl (C=O) groups is 1. The summed E-state index contributed by atoms with van der Waals surface area (Å²) in [6.45, 7) is 6.62. The van der Waals surface area contributed by atoms with Crippen molar-refractivity contribution in [2.24, 2.45) is 17.8 Å². The van der Waals surface area contributed by atoms with Gasteiger partial charge in [-0.1, -0.05) is 6.08 Å². The first-order valence-corrected chi connectivity index (χ1v) is 5.54. The monoisotopic (exact) mass is 194 g/mol. The van der Waals surface area contributed by atoms with Gasteiger partial charge in [0.1, 0.15) is 5.78 Å². The number of fused-ring (bicyclic) bond motifs is 1. The average Bonchev–Trinajstić information content (AvgIpc) is 2.68. The molecule has 0 aromatic heterocycles. The highest BCUT2D eigenvalue weighted by Gasteiger charge is 2.48. The van der Waals surface area contributed by atoms with Crippen LogP contribution in [0.25, 0.3) is 0 Å². The van der Waals surface area contributed by atoms with Crippen molar-refractivity contribution in [2.75, 3.05) is 6.61 Å². The van der Waals surface area contributed by atoms with Crippen molar-refractivity contribution in [2.45, 2.75) is 32.3 Å². The van der Waals surface area contributed by atoms with Crippen molar-refractivity contribution in [3.8, 4) is 0 Å². The summed E-state index contributed by atoms with van der Waals surface area (Å²) >= 11 is 0. The van der Waals surface area contributed by atoms with Gasteiger partial charge >= 0.3 is 0 Å². The number of carbonyl (C=O) groups excluding carboxylic acids is 1. The first kappa shape index (κ1) is 9.91. The Morgan fingerprint density at radius 1 is 1.64 bits per heavy atom. The maximum atomic E-state index is 11.6. The zero-order chi connectivity index (χ0) is 10.1. The highest BCUT2D eigenvalue weighted by molar-refractivity contribution is 5.84. The van der Waals surface area contributed by atoms with Gasteiger partial charge < -0.3 is 4.74 Å². The number of ketones is 1. The summed E-state index contributed by atoms with van der Waals surface area (Å²) in [7, 11) is 0. The fraction of sp³-hybridized carbons (Fsp3) is 0.750. The van der Waals surface area contributed by atoms with Gasteiger partial charge in [-0.15, -0.1) is 6.58 Å². The Kier molecular flexibility index (Phi) is 2.73. The standard InChI is InChI=1S/C12H18O2/c1-3-8-9-5-6-11(13)10(9)7-12(8)14-4-2/h3,8-10,12H,1,4-7H2,2H3/t8?,9-,10+,12?/m1/s1. The van der Waals surface area contributed by atoms with E-state index >= 15 is 0 Å². The summed E-state index contributed by atoms with van der Waals surface area (Å²) in [6, 6.07) is 0.